The minimum absolute atomic E-state index is 0.0859. The summed E-state index contributed by atoms with van der Waals surface area (Å²) in [6.07, 6.45) is 10.4. The van der Waals surface area contributed by atoms with Crippen LogP contribution in [0.15, 0.2) is 34.5 Å². The second-order valence-electron chi connectivity index (χ2n) is 7.93. The van der Waals surface area contributed by atoms with Crippen LogP contribution < -0.4 is 10.9 Å². The van der Waals surface area contributed by atoms with Crippen molar-refractivity contribution in [1.82, 2.24) is 20.7 Å². The monoisotopic (exact) mass is 412 g/mol. The van der Waals surface area contributed by atoms with Crippen LogP contribution in [0.25, 0.3) is 0 Å². The molecule has 162 valence electrons. The predicted octanol–water partition coefficient (Wildman–Crippen LogP) is 1.56. The highest BCUT2D eigenvalue weighted by Crippen LogP contribution is 2.08. The molecule has 8 heteroatoms. The van der Waals surface area contributed by atoms with Crippen molar-refractivity contribution in [3.05, 3.63) is 35.4 Å². The van der Waals surface area contributed by atoms with E-state index in [1.807, 2.05) is 24.3 Å². The lowest BCUT2D eigenvalue weighted by atomic mass is 10.1. The molecule has 1 aromatic carbocycles. The number of nitrogens with zero attached hydrogens (tertiary/aromatic N) is 4. The zero-order chi connectivity index (χ0) is 21.0. The van der Waals surface area contributed by atoms with Gasteiger partial charge >= 0.3 is 0 Å². The van der Waals surface area contributed by atoms with E-state index in [2.05, 4.69) is 30.9 Å². The Balaban J connectivity index is 1.36. The van der Waals surface area contributed by atoms with Crippen LogP contribution >= 0.6 is 0 Å². The highest BCUT2D eigenvalue weighted by molar-refractivity contribution is 5.86. The van der Waals surface area contributed by atoms with Crippen LogP contribution in [-0.2, 0) is 9.59 Å². The molecule has 0 atom stereocenters. The normalized spacial score (nSPS) is 18.7. The minimum atomic E-state index is -0.0859. The van der Waals surface area contributed by atoms with E-state index in [-0.39, 0.29) is 11.8 Å². The van der Waals surface area contributed by atoms with Crippen molar-refractivity contribution in [2.45, 2.75) is 38.5 Å². The van der Waals surface area contributed by atoms with Gasteiger partial charge in [-0.25, -0.2) is 10.9 Å². The SMILES string of the molecule is O=C(CN1CCCCC1)N/N=C\c1ccc(/C=N\NC(=O)CN2CCCCC2)cc1. The molecular formula is C22H32N6O2. The Bertz CT molecular complexity index is 671. The molecule has 2 saturated heterocycles. The van der Waals surface area contributed by atoms with Gasteiger partial charge in [0.15, 0.2) is 0 Å². The first-order chi connectivity index (χ1) is 14.7. The summed E-state index contributed by atoms with van der Waals surface area (Å²) in [5.74, 6) is -0.172. The Hall–Kier alpha value is -2.58. The molecule has 0 aliphatic carbocycles. The Morgan fingerprint density at radius 1 is 0.700 bits per heavy atom. The predicted molar refractivity (Wildman–Crippen MR) is 118 cm³/mol. The first-order valence-corrected chi connectivity index (χ1v) is 10.9. The zero-order valence-electron chi connectivity index (χ0n) is 17.6. The largest absolute Gasteiger partial charge is 0.294 e. The van der Waals surface area contributed by atoms with Crippen LogP contribution in [0.3, 0.4) is 0 Å². The van der Waals surface area contributed by atoms with Crippen LogP contribution in [0.1, 0.15) is 49.7 Å². The van der Waals surface area contributed by atoms with E-state index in [1.165, 1.54) is 12.8 Å². The molecule has 0 radical (unpaired) electrons. The van der Waals surface area contributed by atoms with Gasteiger partial charge in [0.1, 0.15) is 0 Å². The van der Waals surface area contributed by atoms with Gasteiger partial charge in [0, 0.05) is 0 Å². The number of likely N-dealkylation sites (tertiary alicyclic amines) is 2. The first kappa shape index (κ1) is 22.1. The second kappa shape index (κ2) is 12.2. The summed E-state index contributed by atoms with van der Waals surface area (Å²) >= 11 is 0. The van der Waals surface area contributed by atoms with Gasteiger partial charge in [-0.1, -0.05) is 37.1 Å². The number of carbonyl (C=O) groups is 2. The fourth-order valence-electron chi connectivity index (χ4n) is 3.74. The van der Waals surface area contributed by atoms with Crippen molar-refractivity contribution in [3.63, 3.8) is 0 Å². The van der Waals surface area contributed by atoms with Gasteiger partial charge in [-0.05, 0) is 63.0 Å². The summed E-state index contributed by atoms with van der Waals surface area (Å²) in [5, 5.41) is 8.06. The average Bonchev–Trinajstić information content (AvgIpc) is 2.76. The van der Waals surface area contributed by atoms with Gasteiger partial charge in [-0.3, -0.25) is 19.4 Å². The van der Waals surface area contributed by atoms with Gasteiger partial charge in [-0.15, -0.1) is 0 Å². The lowest BCUT2D eigenvalue weighted by Gasteiger charge is -2.25. The standard InChI is InChI=1S/C22H32N6O2/c29-21(17-27-11-3-1-4-12-27)25-23-15-19-7-9-20(10-8-19)16-24-26-22(30)18-28-13-5-2-6-14-28/h7-10,15-16H,1-6,11-14,17-18H2,(H,25,29)(H,26,30)/b23-15-,24-16-. The molecule has 2 aliphatic rings. The third kappa shape index (κ3) is 8.04. The van der Waals surface area contributed by atoms with E-state index < -0.39 is 0 Å². The first-order valence-electron chi connectivity index (χ1n) is 10.9. The zero-order valence-corrected chi connectivity index (χ0v) is 17.6. The number of carbonyl (C=O) groups excluding carboxylic acids is 2. The summed E-state index contributed by atoms with van der Waals surface area (Å²) in [7, 11) is 0. The third-order valence-corrected chi connectivity index (χ3v) is 5.37. The van der Waals surface area contributed by atoms with Crippen LogP contribution in [0.4, 0.5) is 0 Å². The molecular weight excluding hydrogens is 380 g/mol. The number of benzene rings is 1. The molecule has 3 rings (SSSR count). The van der Waals surface area contributed by atoms with Crippen molar-refractivity contribution in [3.8, 4) is 0 Å². The molecule has 0 spiro atoms. The lowest BCUT2D eigenvalue weighted by molar-refractivity contribution is -0.123. The van der Waals surface area contributed by atoms with Crippen LogP contribution in [0, 0.1) is 0 Å². The maximum Gasteiger partial charge on any atom is 0.254 e. The molecule has 2 fully saturated rings. The molecule has 2 aliphatic heterocycles. The van der Waals surface area contributed by atoms with Gasteiger partial charge in [0.2, 0.25) is 0 Å². The maximum atomic E-state index is 11.9. The smallest absolute Gasteiger partial charge is 0.254 e. The van der Waals surface area contributed by atoms with Crippen molar-refractivity contribution in [2.75, 3.05) is 39.3 Å². The van der Waals surface area contributed by atoms with Crippen molar-refractivity contribution >= 4 is 24.2 Å². The van der Waals surface area contributed by atoms with E-state index in [1.54, 1.807) is 12.4 Å². The number of amides is 2. The Morgan fingerprint density at radius 3 is 1.43 bits per heavy atom. The van der Waals surface area contributed by atoms with Crippen LogP contribution in [-0.4, -0.2) is 73.3 Å². The number of nitrogens with one attached hydrogen (secondary N) is 2. The summed E-state index contributed by atoms with van der Waals surface area (Å²) in [5.41, 5.74) is 6.92. The molecule has 0 saturated carbocycles. The molecule has 2 N–H and O–H groups in total. The Kier molecular flexibility index (Phi) is 8.99. The van der Waals surface area contributed by atoms with E-state index in [0.717, 1.165) is 63.0 Å². The van der Waals surface area contributed by atoms with Crippen molar-refractivity contribution < 1.29 is 9.59 Å². The highest BCUT2D eigenvalue weighted by atomic mass is 16.2. The molecule has 8 nitrogen and oxygen atoms in total. The number of hydrogen-bond acceptors (Lipinski definition) is 6. The maximum absolute atomic E-state index is 11.9. The lowest BCUT2D eigenvalue weighted by Crippen LogP contribution is -2.38. The summed E-state index contributed by atoms with van der Waals surface area (Å²) in [6, 6.07) is 7.54. The molecule has 30 heavy (non-hydrogen) atoms. The van der Waals surface area contributed by atoms with E-state index in [0.29, 0.717) is 13.1 Å². The fourth-order valence-corrected chi connectivity index (χ4v) is 3.74. The molecule has 0 bridgehead atoms. The minimum Gasteiger partial charge on any atom is -0.294 e. The summed E-state index contributed by atoms with van der Waals surface area (Å²) in [4.78, 5) is 28.2. The molecule has 1 aromatic rings. The number of hydrogen-bond donors (Lipinski definition) is 2. The van der Waals surface area contributed by atoms with Crippen LogP contribution in [0.5, 0.6) is 0 Å². The topological polar surface area (TPSA) is 89.4 Å². The van der Waals surface area contributed by atoms with E-state index in [4.69, 9.17) is 0 Å². The second-order valence-corrected chi connectivity index (χ2v) is 7.93. The van der Waals surface area contributed by atoms with Crippen LogP contribution in [0.2, 0.25) is 0 Å². The van der Waals surface area contributed by atoms with Gasteiger partial charge in [0.25, 0.3) is 11.8 Å². The van der Waals surface area contributed by atoms with Crippen molar-refractivity contribution in [1.29, 1.82) is 0 Å². The summed E-state index contributed by atoms with van der Waals surface area (Å²) in [6.45, 7) is 4.74. The van der Waals surface area contributed by atoms with E-state index in [9.17, 15) is 9.59 Å². The number of rotatable bonds is 8. The van der Waals surface area contributed by atoms with Crippen molar-refractivity contribution in [2.24, 2.45) is 10.2 Å². The Morgan fingerprint density at radius 2 is 1.07 bits per heavy atom. The number of hydrazone groups is 2. The summed E-state index contributed by atoms with van der Waals surface area (Å²) < 4.78 is 0. The van der Waals surface area contributed by atoms with Gasteiger partial charge < -0.3 is 0 Å². The fraction of sp³-hybridized carbons (Fsp3) is 0.545. The number of piperidine rings is 2. The van der Waals surface area contributed by atoms with E-state index >= 15 is 0 Å². The molecule has 0 aromatic heterocycles. The Labute approximate surface area is 178 Å². The average molecular weight is 413 g/mol. The highest BCUT2D eigenvalue weighted by Gasteiger charge is 2.14. The molecule has 0 unspecified atom stereocenters. The molecule has 2 amide bonds. The van der Waals surface area contributed by atoms with Gasteiger partial charge in [0.05, 0.1) is 25.5 Å². The molecule has 2 heterocycles. The third-order valence-electron chi connectivity index (χ3n) is 5.37. The quantitative estimate of drug-likeness (QED) is 0.501. The van der Waals surface area contributed by atoms with Gasteiger partial charge in [-0.2, -0.15) is 10.2 Å².